The maximum absolute atomic E-state index is 15.2. The molecular formula is C26H33F2N7O3Si. The van der Waals surface area contributed by atoms with E-state index in [0.29, 0.717) is 53.1 Å². The molecule has 208 valence electrons. The van der Waals surface area contributed by atoms with Crippen molar-refractivity contribution in [2.45, 2.75) is 32.4 Å². The minimum atomic E-state index is -1.24. The minimum absolute atomic E-state index is 0.0468. The van der Waals surface area contributed by atoms with Crippen LogP contribution in [0.1, 0.15) is 0 Å². The number of halogens is 2. The van der Waals surface area contributed by atoms with Gasteiger partial charge in [-0.1, -0.05) is 25.7 Å². The van der Waals surface area contributed by atoms with Gasteiger partial charge in [-0.05, 0) is 35.9 Å². The van der Waals surface area contributed by atoms with Crippen LogP contribution in [0.4, 0.5) is 20.4 Å². The van der Waals surface area contributed by atoms with Crippen LogP contribution in [0.3, 0.4) is 0 Å². The number of rotatable bonds is 13. The summed E-state index contributed by atoms with van der Waals surface area (Å²) >= 11 is 0. The Morgan fingerprint density at radius 1 is 1.00 bits per heavy atom. The molecule has 3 heterocycles. The lowest BCUT2D eigenvalue weighted by Crippen LogP contribution is -2.22. The van der Waals surface area contributed by atoms with Crippen molar-refractivity contribution in [3.8, 4) is 28.3 Å². The van der Waals surface area contributed by atoms with E-state index < -0.39 is 20.0 Å². The number of nitrogens with one attached hydrogen (secondary N) is 1. The van der Waals surface area contributed by atoms with E-state index in [1.807, 2.05) is 0 Å². The van der Waals surface area contributed by atoms with Crippen molar-refractivity contribution in [2.75, 3.05) is 32.2 Å². The molecule has 0 saturated heterocycles. The summed E-state index contributed by atoms with van der Waals surface area (Å²) in [6.07, 6.45) is 2.85. The standard InChI is InChI=1S/C26H33F2N7O3Si/c1-34-26(32-25(33-34)19-7-9-23(27)29-15-19)31-21-8-6-18(14-22(21)38-11-10-36-2)20-16-30-35(24(20)28)17-37-12-13-39(3,4)5/h6-9,14-16H,10-13,17H2,1-5H3,(H,31,32,33). The fourth-order valence-corrected chi connectivity index (χ4v) is 4.33. The second-order valence-electron chi connectivity index (χ2n) is 10.1. The van der Waals surface area contributed by atoms with Gasteiger partial charge in [0.25, 0.3) is 0 Å². The van der Waals surface area contributed by atoms with E-state index in [-0.39, 0.29) is 13.3 Å². The lowest BCUT2D eigenvalue weighted by molar-refractivity contribution is 0.0700. The van der Waals surface area contributed by atoms with Crippen molar-refractivity contribution in [3.05, 3.63) is 54.6 Å². The van der Waals surface area contributed by atoms with Gasteiger partial charge in [0.05, 0.1) is 24.1 Å². The highest BCUT2D eigenvalue weighted by atomic mass is 28.3. The molecule has 4 aromatic rings. The zero-order valence-corrected chi connectivity index (χ0v) is 23.7. The number of ether oxygens (including phenoxy) is 3. The number of pyridine rings is 1. The van der Waals surface area contributed by atoms with Crippen molar-refractivity contribution in [2.24, 2.45) is 7.05 Å². The summed E-state index contributed by atoms with van der Waals surface area (Å²) in [5.41, 5.74) is 2.09. The van der Waals surface area contributed by atoms with Crippen LogP contribution in [-0.2, 0) is 23.3 Å². The van der Waals surface area contributed by atoms with E-state index in [0.717, 1.165) is 6.04 Å². The molecule has 1 aromatic carbocycles. The molecule has 0 unspecified atom stereocenters. The second-order valence-corrected chi connectivity index (χ2v) is 15.7. The Morgan fingerprint density at radius 3 is 2.51 bits per heavy atom. The van der Waals surface area contributed by atoms with Crippen molar-refractivity contribution >= 4 is 19.7 Å². The fraction of sp³-hybridized carbons (Fsp3) is 0.385. The molecule has 0 amide bonds. The molecule has 0 bridgehead atoms. The van der Waals surface area contributed by atoms with E-state index >= 15 is 4.39 Å². The molecule has 0 saturated carbocycles. The van der Waals surface area contributed by atoms with E-state index in [4.69, 9.17) is 14.2 Å². The number of anilines is 2. The van der Waals surface area contributed by atoms with Gasteiger partial charge in [-0.3, -0.25) is 0 Å². The Balaban J connectivity index is 1.55. The Hall–Kier alpha value is -3.68. The third kappa shape index (κ3) is 7.46. The maximum atomic E-state index is 15.2. The molecule has 0 aliphatic heterocycles. The highest BCUT2D eigenvalue weighted by molar-refractivity contribution is 6.76. The second kappa shape index (κ2) is 12.4. The number of aromatic nitrogens is 6. The first-order chi connectivity index (χ1) is 18.6. The molecule has 0 radical (unpaired) electrons. The number of hydrogen-bond acceptors (Lipinski definition) is 8. The average Bonchev–Trinajstić information content (AvgIpc) is 3.44. The van der Waals surface area contributed by atoms with Crippen LogP contribution >= 0.6 is 0 Å². The van der Waals surface area contributed by atoms with Crippen LogP contribution in [0.2, 0.25) is 25.7 Å². The highest BCUT2D eigenvalue weighted by Gasteiger charge is 2.18. The third-order valence-electron chi connectivity index (χ3n) is 5.82. The first kappa shape index (κ1) is 28.3. The largest absolute Gasteiger partial charge is 0.489 e. The van der Waals surface area contributed by atoms with Gasteiger partial charge in [0.15, 0.2) is 5.82 Å². The third-order valence-corrected chi connectivity index (χ3v) is 7.52. The SMILES string of the molecule is COCCOc1cc(-c2cnn(COCC[Si](C)(C)C)c2F)ccc1Nc1nc(-c2ccc(F)nc2)nn1C. The van der Waals surface area contributed by atoms with Gasteiger partial charge in [0.1, 0.15) is 19.1 Å². The molecular weight excluding hydrogens is 524 g/mol. The summed E-state index contributed by atoms with van der Waals surface area (Å²) in [6, 6.07) is 9.07. The van der Waals surface area contributed by atoms with E-state index in [1.165, 1.54) is 23.1 Å². The van der Waals surface area contributed by atoms with Gasteiger partial charge in [-0.2, -0.15) is 18.9 Å². The zero-order valence-electron chi connectivity index (χ0n) is 22.7. The van der Waals surface area contributed by atoms with Gasteiger partial charge in [0.2, 0.25) is 17.8 Å². The topological polar surface area (TPSA) is 101 Å². The molecule has 0 atom stereocenters. The molecule has 0 aliphatic rings. The summed E-state index contributed by atoms with van der Waals surface area (Å²) in [7, 11) is 2.07. The average molecular weight is 558 g/mol. The normalized spacial score (nSPS) is 11.7. The summed E-state index contributed by atoms with van der Waals surface area (Å²) in [4.78, 5) is 8.16. The minimum Gasteiger partial charge on any atom is -0.489 e. The molecule has 1 N–H and O–H groups in total. The van der Waals surface area contributed by atoms with Crippen LogP contribution in [0.5, 0.6) is 5.75 Å². The molecule has 3 aromatic heterocycles. The van der Waals surface area contributed by atoms with Crippen molar-refractivity contribution < 1.29 is 23.0 Å². The van der Waals surface area contributed by atoms with Crippen molar-refractivity contribution in [1.29, 1.82) is 0 Å². The predicted molar refractivity (Wildman–Crippen MR) is 147 cm³/mol. The number of methoxy groups -OCH3 is 1. The molecule has 4 rings (SSSR count). The van der Waals surface area contributed by atoms with Gasteiger partial charge in [0, 0.05) is 40.6 Å². The zero-order chi connectivity index (χ0) is 28.0. The molecule has 10 nitrogen and oxygen atoms in total. The Kier molecular flexibility index (Phi) is 9.04. The maximum Gasteiger partial charge on any atom is 0.226 e. The predicted octanol–water partition coefficient (Wildman–Crippen LogP) is 5.10. The quantitative estimate of drug-likeness (QED) is 0.138. The van der Waals surface area contributed by atoms with Crippen LogP contribution < -0.4 is 10.1 Å². The lowest BCUT2D eigenvalue weighted by Gasteiger charge is -2.15. The summed E-state index contributed by atoms with van der Waals surface area (Å²) in [6.45, 7) is 8.07. The number of nitrogens with zero attached hydrogens (tertiary/aromatic N) is 6. The van der Waals surface area contributed by atoms with Crippen LogP contribution in [-0.4, -0.2) is 64.5 Å². The van der Waals surface area contributed by atoms with Gasteiger partial charge in [-0.15, -0.1) is 5.10 Å². The van der Waals surface area contributed by atoms with Crippen molar-refractivity contribution in [3.63, 3.8) is 0 Å². The fourth-order valence-electron chi connectivity index (χ4n) is 3.58. The first-order valence-electron chi connectivity index (χ1n) is 12.5. The summed E-state index contributed by atoms with van der Waals surface area (Å²) in [5, 5.41) is 11.8. The van der Waals surface area contributed by atoms with Crippen molar-refractivity contribution in [1.82, 2.24) is 29.5 Å². The molecule has 13 heteroatoms. The molecule has 0 spiro atoms. The monoisotopic (exact) mass is 557 g/mol. The van der Waals surface area contributed by atoms with Gasteiger partial charge in [-0.25, -0.2) is 14.3 Å². The highest BCUT2D eigenvalue weighted by Crippen LogP contribution is 2.34. The van der Waals surface area contributed by atoms with E-state index in [2.05, 4.69) is 45.1 Å². The molecule has 39 heavy (non-hydrogen) atoms. The Labute approximate surface area is 227 Å². The Bertz CT molecular complexity index is 1390. The Morgan fingerprint density at radius 2 is 1.79 bits per heavy atom. The number of aryl methyl sites for hydroxylation is 1. The van der Waals surface area contributed by atoms with E-state index in [9.17, 15) is 4.39 Å². The van der Waals surface area contributed by atoms with Crippen LogP contribution in [0.15, 0.2) is 42.7 Å². The van der Waals surface area contributed by atoms with Crippen LogP contribution in [0.25, 0.3) is 22.5 Å². The molecule has 0 aliphatic carbocycles. The summed E-state index contributed by atoms with van der Waals surface area (Å²) in [5.74, 6) is 0.205. The smallest absolute Gasteiger partial charge is 0.226 e. The lowest BCUT2D eigenvalue weighted by atomic mass is 10.1. The molecule has 0 fully saturated rings. The number of benzene rings is 1. The number of hydrogen-bond donors (Lipinski definition) is 1. The van der Waals surface area contributed by atoms with Crippen LogP contribution in [0, 0.1) is 11.9 Å². The first-order valence-corrected chi connectivity index (χ1v) is 16.2. The summed E-state index contributed by atoms with van der Waals surface area (Å²) < 4.78 is 47.9. The van der Waals surface area contributed by atoms with Gasteiger partial charge < -0.3 is 19.5 Å². The van der Waals surface area contributed by atoms with Gasteiger partial charge >= 0.3 is 0 Å². The van der Waals surface area contributed by atoms with E-state index in [1.54, 1.807) is 43.1 Å².